The number of phenolic OH excluding ortho intramolecular Hbond substituents is 1. The zero-order chi connectivity index (χ0) is 21.0. The molecule has 3 aromatic rings. The quantitative estimate of drug-likeness (QED) is 0.213. The van der Waals surface area contributed by atoms with Gasteiger partial charge in [0, 0.05) is 23.1 Å². The van der Waals surface area contributed by atoms with E-state index in [2.05, 4.69) is 15.2 Å². The van der Waals surface area contributed by atoms with Crippen molar-refractivity contribution in [3.63, 3.8) is 0 Å². The van der Waals surface area contributed by atoms with Crippen LogP contribution in [0.15, 0.2) is 64.6 Å². The molecule has 0 fully saturated rings. The van der Waals surface area contributed by atoms with Crippen LogP contribution in [0.5, 0.6) is 5.75 Å². The van der Waals surface area contributed by atoms with Crippen LogP contribution in [0.25, 0.3) is 10.8 Å². The maximum absolute atomic E-state index is 12.4. The highest BCUT2D eigenvalue weighted by molar-refractivity contribution is 7.89. The zero-order valence-corrected chi connectivity index (χ0v) is 16.4. The fourth-order valence-corrected chi connectivity index (χ4v) is 4.08. The molecular weight excluding hydrogens is 392 g/mol. The number of nitrogen functional groups attached to an aromatic ring is 1. The lowest BCUT2D eigenvalue weighted by molar-refractivity contribution is 0.0955. The summed E-state index contributed by atoms with van der Waals surface area (Å²) in [6, 6.07) is 14.3. The molecule has 0 radical (unpaired) electrons. The first-order valence-electron chi connectivity index (χ1n) is 8.77. The summed E-state index contributed by atoms with van der Waals surface area (Å²) < 4.78 is 27.4. The molecule has 3 aromatic carbocycles. The molecule has 0 spiro atoms. The third-order valence-corrected chi connectivity index (χ3v) is 5.80. The van der Waals surface area contributed by atoms with E-state index in [0.29, 0.717) is 16.3 Å². The summed E-state index contributed by atoms with van der Waals surface area (Å²) in [5, 5.41) is 14.6. The van der Waals surface area contributed by atoms with Crippen molar-refractivity contribution >= 4 is 38.6 Å². The number of nitrogens with one attached hydrogen (secondary N) is 2. The first-order valence-corrected chi connectivity index (χ1v) is 10.2. The van der Waals surface area contributed by atoms with E-state index in [1.165, 1.54) is 30.5 Å². The molecule has 0 aliphatic rings. The number of sulfonamides is 1. The molecule has 0 unspecified atom stereocenters. The van der Waals surface area contributed by atoms with Crippen LogP contribution in [0.2, 0.25) is 0 Å². The van der Waals surface area contributed by atoms with Gasteiger partial charge < -0.3 is 10.8 Å². The topological polar surface area (TPSA) is 134 Å². The molecule has 0 saturated carbocycles. The number of rotatable bonds is 6. The monoisotopic (exact) mass is 412 g/mol. The van der Waals surface area contributed by atoms with Crippen molar-refractivity contribution in [2.45, 2.75) is 11.8 Å². The highest BCUT2D eigenvalue weighted by atomic mass is 32.2. The number of benzene rings is 3. The number of amides is 1. The highest BCUT2D eigenvalue weighted by Gasteiger charge is 2.17. The highest BCUT2D eigenvalue weighted by Crippen LogP contribution is 2.25. The molecule has 9 heteroatoms. The van der Waals surface area contributed by atoms with E-state index in [0.717, 1.165) is 0 Å². The van der Waals surface area contributed by atoms with Crippen molar-refractivity contribution in [3.05, 3.63) is 65.7 Å². The Labute approximate surface area is 168 Å². The van der Waals surface area contributed by atoms with Crippen molar-refractivity contribution in [3.8, 4) is 5.75 Å². The van der Waals surface area contributed by atoms with E-state index in [1.54, 1.807) is 37.3 Å². The molecule has 1 amide bonds. The summed E-state index contributed by atoms with van der Waals surface area (Å²) in [5.41, 5.74) is 8.95. The Bertz CT molecular complexity index is 1210. The second kappa shape index (κ2) is 8.29. The standard InChI is InChI=1S/C20H20N4O4S/c1-2-23-29(27,28)19-10-8-14(15-5-3-4-6-16(15)19)12-22-24-20(26)13-7-9-18(25)17(21)11-13/h3-12,23,25H,2,21H2,1H3,(H,24,26)/b22-12+. The number of nitrogens with zero attached hydrogens (tertiary/aromatic N) is 1. The van der Waals surface area contributed by atoms with Crippen molar-refractivity contribution in [2.75, 3.05) is 12.3 Å². The van der Waals surface area contributed by atoms with Gasteiger partial charge in [-0.3, -0.25) is 4.79 Å². The Balaban J connectivity index is 1.89. The van der Waals surface area contributed by atoms with Gasteiger partial charge >= 0.3 is 0 Å². The molecule has 0 saturated heterocycles. The summed E-state index contributed by atoms with van der Waals surface area (Å²) >= 11 is 0. The van der Waals surface area contributed by atoms with Crippen molar-refractivity contribution in [2.24, 2.45) is 5.10 Å². The average Bonchev–Trinajstić information content (AvgIpc) is 2.69. The van der Waals surface area contributed by atoms with Gasteiger partial charge in [0.2, 0.25) is 10.0 Å². The van der Waals surface area contributed by atoms with Gasteiger partial charge in [-0.1, -0.05) is 37.3 Å². The molecule has 0 heterocycles. The van der Waals surface area contributed by atoms with Gasteiger partial charge in [-0.15, -0.1) is 0 Å². The van der Waals surface area contributed by atoms with Crippen LogP contribution in [0.1, 0.15) is 22.8 Å². The largest absolute Gasteiger partial charge is 0.506 e. The zero-order valence-electron chi connectivity index (χ0n) is 15.6. The van der Waals surface area contributed by atoms with Gasteiger partial charge in [-0.2, -0.15) is 5.10 Å². The van der Waals surface area contributed by atoms with Crippen molar-refractivity contribution in [1.29, 1.82) is 0 Å². The van der Waals surface area contributed by atoms with E-state index in [-0.39, 0.29) is 28.4 Å². The third-order valence-electron chi connectivity index (χ3n) is 4.20. The minimum atomic E-state index is -3.63. The van der Waals surface area contributed by atoms with Crippen molar-refractivity contribution in [1.82, 2.24) is 10.1 Å². The molecule has 0 aromatic heterocycles. The molecule has 29 heavy (non-hydrogen) atoms. The van der Waals surface area contributed by atoms with E-state index < -0.39 is 15.9 Å². The lowest BCUT2D eigenvalue weighted by atomic mass is 10.1. The maximum atomic E-state index is 12.4. The number of aromatic hydroxyl groups is 1. The van der Waals surface area contributed by atoms with Gasteiger partial charge in [-0.05, 0) is 29.7 Å². The number of hydrogen-bond donors (Lipinski definition) is 4. The number of carbonyl (C=O) groups excluding carboxylic acids is 1. The predicted octanol–water partition coefficient (Wildman–Crippen LogP) is 2.19. The molecule has 8 nitrogen and oxygen atoms in total. The fourth-order valence-electron chi connectivity index (χ4n) is 2.83. The Kier molecular flexibility index (Phi) is 5.81. The van der Waals surface area contributed by atoms with Crippen LogP contribution < -0.4 is 15.9 Å². The summed E-state index contributed by atoms with van der Waals surface area (Å²) in [6.45, 7) is 2.00. The predicted molar refractivity (Wildman–Crippen MR) is 112 cm³/mol. The Morgan fingerprint density at radius 1 is 1.14 bits per heavy atom. The lowest BCUT2D eigenvalue weighted by Crippen LogP contribution is -2.23. The molecule has 0 bridgehead atoms. The van der Waals surface area contributed by atoms with E-state index in [9.17, 15) is 18.3 Å². The van der Waals surface area contributed by atoms with Gasteiger partial charge in [-0.25, -0.2) is 18.6 Å². The van der Waals surface area contributed by atoms with Gasteiger partial charge in [0.1, 0.15) is 5.75 Å². The normalized spacial score (nSPS) is 11.8. The minimum Gasteiger partial charge on any atom is -0.506 e. The third kappa shape index (κ3) is 4.36. The summed E-state index contributed by atoms with van der Waals surface area (Å²) in [4.78, 5) is 12.3. The van der Waals surface area contributed by atoms with Crippen LogP contribution in [-0.2, 0) is 10.0 Å². The van der Waals surface area contributed by atoms with Crippen LogP contribution in [-0.4, -0.2) is 32.2 Å². The van der Waals surface area contributed by atoms with Crippen LogP contribution >= 0.6 is 0 Å². The number of fused-ring (bicyclic) bond motifs is 1. The average molecular weight is 412 g/mol. The Morgan fingerprint density at radius 2 is 1.86 bits per heavy atom. The number of nitrogens with two attached hydrogens (primary N) is 1. The minimum absolute atomic E-state index is 0.0881. The fraction of sp³-hybridized carbons (Fsp3) is 0.100. The maximum Gasteiger partial charge on any atom is 0.271 e. The van der Waals surface area contributed by atoms with E-state index in [1.807, 2.05) is 0 Å². The first-order chi connectivity index (χ1) is 13.8. The number of anilines is 1. The molecule has 0 aliphatic heterocycles. The summed E-state index contributed by atoms with van der Waals surface area (Å²) in [6.07, 6.45) is 1.44. The number of phenols is 1. The Hall–Kier alpha value is -3.43. The molecule has 5 N–H and O–H groups in total. The summed E-state index contributed by atoms with van der Waals surface area (Å²) in [5.74, 6) is -0.604. The van der Waals surface area contributed by atoms with Gasteiger partial charge in [0.25, 0.3) is 5.91 Å². The molecule has 0 atom stereocenters. The molecular formula is C20H20N4O4S. The number of hydrazone groups is 1. The molecule has 3 rings (SSSR count). The number of carbonyl (C=O) groups is 1. The SMILES string of the molecule is CCNS(=O)(=O)c1ccc(/C=N/NC(=O)c2ccc(O)c(N)c2)c2ccccc12. The molecule has 150 valence electrons. The second-order valence-electron chi connectivity index (χ2n) is 6.17. The number of hydrogen-bond acceptors (Lipinski definition) is 6. The Morgan fingerprint density at radius 3 is 2.55 bits per heavy atom. The van der Waals surface area contributed by atoms with E-state index in [4.69, 9.17) is 5.73 Å². The van der Waals surface area contributed by atoms with Gasteiger partial charge in [0.05, 0.1) is 16.8 Å². The lowest BCUT2D eigenvalue weighted by Gasteiger charge is -2.10. The van der Waals surface area contributed by atoms with Crippen molar-refractivity contribution < 1.29 is 18.3 Å². The van der Waals surface area contributed by atoms with Crippen LogP contribution in [0.4, 0.5) is 5.69 Å². The second-order valence-corrected chi connectivity index (χ2v) is 7.91. The van der Waals surface area contributed by atoms with Gasteiger partial charge in [0.15, 0.2) is 0 Å². The van der Waals surface area contributed by atoms with Crippen LogP contribution in [0, 0.1) is 0 Å². The van der Waals surface area contributed by atoms with Crippen LogP contribution in [0.3, 0.4) is 0 Å². The summed E-state index contributed by atoms with van der Waals surface area (Å²) in [7, 11) is -3.63. The first kappa shape index (κ1) is 20.3. The smallest absolute Gasteiger partial charge is 0.271 e. The van der Waals surface area contributed by atoms with E-state index >= 15 is 0 Å². The molecule has 0 aliphatic carbocycles.